The molecule has 10 heteroatoms. The van der Waals surface area contributed by atoms with Crippen LogP contribution in [0.15, 0.2) is 12.1 Å². The summed E-state index contributed by atoms with van der Waals surface area (Å²) in [5.41, 5.74) is 25.1. The second-order valence-corrected chi connectivity index (χ2v) is 6.71. The minimum absolute atomic E-state index is 0.0599. The minimum Gasteiger partial charge on any atom is -0.398 e. The van der Waals surface area contributed by atoms with E-state index in [4.69, 9.17) is 22.9 Å². The Labute approximate surface area is 172 Å². The molecule has 0 unspecified atom stereocenters. The first kappa shape index (κ1) is 22.2. The Hall–Kier alpha value is -4.08. The zero-order chi connectivity index (χ0) is 22.9. The molecule has 0 aliphatic heterocycles. The minimum atomic E-state index is -1.68. The number of ether oxygens (including phenoxy) is 2. The maximum atomic E-state index is 12.4. The van der Waals surface area contributed by atoms with Gasteiger partial charge >= 0.3 is 23.9 Å². The number of nitrogen functional groups attached to an aromatic ring is 4. The molecule has 0 heterocycles. The molecule has 2 aromatic rings. The summed E-state index contributed by atoms with van der Waals surface area (Å²) in [7, 11) is 0. The van der Waals surface area contributed by atoms with Crippen molar-refractivity contribution in [2.45, 2.75) is 27.7 Å². The predicted molar refractivity (Wildman–Crippen MR) is 110 cm³/mol. The summed E-state index contributed by atoms with van der Waals surface area (Å²) in [6, 6.07) is 2.91. The highest BCUT2D eigenvalue weighted by Gasteiger charge is 2.29. The molecule has 0 spiro atoms. The molecule has 0 fully saturated rings. The number of hydrogen-bond donors (Lipinski definition) is 4. The monoisotopic (exact) mass is 414 g/mol. The van der Waals surface area contributed by atoms with Crippen molar-refractivity contribution in [3.8, 4) is 0 Å². The smallest absolute Gasteiger partial charge is 0.398 e. The van der Waals surface area contributed by atoms with Crippen LogP contribution in [0.5, 0.6) is 0 Å². The van der Waals surface area contributed by atoms with Crippen molar-refractivity contribution < 1.29 is 28.7 Å². The van der Waals surface area contributed by atoms with Gasteiger partial charge in [0.2, 0.25) is 0 Å². The van der Waals surface area contributed by atoms with Crippen LogP contribution in [0.4, 0.5) is 22.7 Å². The van der Waals surface area contributed by atoms with E-state index < -0.39 is 23.9 Å². The van der Waals surface area contributed by atoms with Gasteiger partial charge in [-0.1, -0.05) is 0 Å². The molecule has 0 amide bonds. The summed E-state index contributed by atoms with van der Waals surface area (Å²) in [5, 5.41) is 0. The van der Waals surface area contributed by atoms with E-state index in [9.17, 15) is 19.2 Å². The van der Waals surface area contributed by atoms with Crippen molar-refractivity contribution in [2.75, 3.05) is 22.9 Å². The van der Waals surface area contributed by atoms with Crippen LogP contribution in [0.1, 0.15) is 43.0 Å². The van der Waals surface area contributed by atoms with Crippen LogP contribution in [0.25, 0.3) is 0 Å². The molecule has 0 atom stereocenters. The fourth-order valence-electron chi connectivity index (χ4n) is 2.87. The number of hydrogen-bond acceptors (Lipinski definition) is 10. The summed E-state index contributed by atoms with van der Waals surface area (Å²) in [6.45, 7) is 6.11. The molecule has 0 saturated carbocycles. The van der Waals surface area contributed by atoms with Gasteiger partial charge in [-0.2, -0.15) is 0 Å². The van der Waals surface area contributed by atoms with Gasteiger partial charge in [-0.05, 0) is 62.1 Å². The number of carbonyl (C=O) groups excluding carboxylic acids is 4. The van der Waals surface area contributed by atoms with Crippen molar-refractivity contribution in [1.29, 1.82) is 0 Å². The molecule has 0 aliphatic carbocycles. The lowest BCUT2D eigenvalue weighted by Gasteiger charge is -2.14. The highest BCUT2D eigenvalue weighted by Crippen LogP contribution is 2.28. The quantitative estimate of drug-likeness (QED) is 0.241. The number of benzene rings is 2. The number of anilines is 4. The molecule has 30 heavy (non-hydrogen) atoms. The average Bonchev–Trinajstić information content (AvgIpc) is 2.65. The van der Waals surface area contributed by atoms with E-state index in [2.05, 4.69) is 9.47 Å². The average molecular weight is 414 g/mol. The maximum absolute atomic E-state index is 12.4. The molecule has 0 saturated heterocycles. The van der Waals surface area contributed by atoms with Crippen LogP contribution in [-0.4, -0.2) is 23.9 Å². The number of carbonyl (C=O) groups is 4. The van der Waals surface area contributed by atoms with Gasteiger partial charge in [0.1, 0.15) is 0 Å². The van der Waals surface area contributed by atoms with E-state index >= 15 is 0 Å². The Bertz CT molecular complexity index is 967. The van der Waals surface area contributed by atoms with Crippen LogP contribution < -0.4 is 22.9 Å². The van der Waals surface area contributed by atoms with Gasteiger partial charge in [0, 0.05) is 22.7 Å². The van der Waals surface area contributed by atoms with Gasteiger partial charge in [-0.25, -0.2) is 19.2 Å². The molecule has 0 bridgehead atoms. The largest absolute Gasteiger partial charge is 0.425 e. The highest BCUT2D eigenvalue weighted by molar-refractivity contribution is 6.34. The number of esters is 4. The fourth-order valence-corrected chi connectivity index (χ4v) is 2.87. The van der Waals surface area contributed by atoms with Crippen molar-refractivity contribution in [3.05, 3.63) is 45.5 Å². The molecule has 0 aromatic heterocycles. The van der Waals surface area contributed by atoms with Gasteiger partial charge in [0.25, 0.3) is 0 Å². The normalized spacial score (nSPS) is 10.4. The molecule has 2 rings (SSSR count). The molecule has 0 radical (unpaired) electrons. The van der Waals surface area contributed by atoms with E-state index in [1.54, 1.807) is 0 Å². The number of nitrogens with two attached hydrogens (primary N) is 4. The van der Waals surface area contributed by atoms with E-state index in [0.29, 0.717) is 22.3 Å². The zero-order valence-corrected chi connectivity index (χ0v) is 16.9. The third kappa shape index (κ3) is 4.02. The molecule has 2 aromatic carbocycles. The molecule has 10 nitrogen and oxygen atoms in total. The standard InChI is InChI=1S/C20H22N4O6/c1-7-11(21)5-12(22)8(2)15(7)17(25)29-19(27)20(28)30-18(26)16-9(3)13(23)6-14(24)10(16)4/h5-6H,21-24H2,1-4H3. The van der Waals surface area contributed by atoms with Gasteiger partial charge in [0.15, 0.2) is 0 Å². The van der Waals surface area contributed by atoms with Crippen LogP contribution >= 0.6 is 0 Å². The van der Waals surface area contributed by atoms with Crippen LogP contribution in [0, 0.1) is 27.7 Å². The highest BCUT2D eigenvalue weighted by atomic mass is 16.6. The SMILES string of the molecule is Cc1c(N)cc(N)c(C)c1C(=O)OC(=O)C(=O)OC(=O)c1c(C)c(N)cc(N)c1C. The first-order valence-corrected chi connectivity index (χ1v) is 8.69. The molecule has 8 N–H and O–H groups in total. The predicted octanol–water partition coefficient (Wildman–Crippen LogP) is 1.32. The first-order chi connectivity index (χ1) is 13.9. The Balaban J connectivity index is 2.22. The Morgan fingerprint density at radius 3 is 1.03 bits per heavy atom. The summed E-state index contributed by atoms with van der Waals surface area (Å²) in [6.07, 6.45) is 0. The first-order valence-electron chi connectivity index (χ1n) is 8.69. The van der Waals surface area contributed by atoms with Gasteiger partial charge in [-0.3, -0.25) is 0 Å². The third-order valence-electron chi connectivity index (χ3n) is 4.80. The van der Waals surface area contributed by atoms with Crippen molar-refractivity contribution in [2.24, 2.45) is 0 Å². The molecular formula is C20H22N4O6. The zero-order valence-electron chi connectivity index (χ0n) is 16.9. The summed E-state index contributed by atoms with van der Waals surface area (Å²) >= 11 is 0. The molecule has 0 aliphatic rings. The maximum Gasteiger partial charge on any atom is 0.425 e. The van der Waals surface area contributed by atoms with Crippen LogP contribution in [-0.2, 0) is 19.1 Å². The Morgan fingerprint density at radius 2 is 0.800 bits per heavy atom. The Morgan fingerprint density at radius 1 is 0.567 bits per heavy atom. The van der Waals surface area contributed by atoms with E-state index in [-0.39, 0.29) is 33.9 Å². The second-order valence-electron chi connectivity index (χ2n) is 6.71. The van der Waals surface area contributed by atoms with Gasteiger partial charge in [0.05, 0.1) is 11.1 Å². The lowest BCUT2D eigenvalue weighted by atomic mass is 9.99. The van der Waals surface area contributed by atoms with E-state index in [0.717, 1.165) is 0 Å². The topological polar surface area (TPSA) is 191 Å². The Kier molecular flexibility index (Phi) is 6.01. The van der Waals surface area contributed by atoms with Crippen molar-refractivity contribution in [1.82, 2.24) is 0 Å². The van der Waals surface area contributed by atoms with Crippen molar-refractivity contribution >= 4 is 46.6 Å². The van der Waals surface area contributed by atoms with Crippen molar-refractivity contribution in [3.63, 3.8) is 0 Å². The summed E-state index contributed by atoms with van der Waals surface area (Å²) in [4.78, 5) is 48.8. The van der Waals surface area contributed by atoms with E-state index in [1.807, 2.05) is 0 Å². The molecule has 158 valence electrons. The third-order valence-corrected chi connectivity index (χ3v) is 4.80. The van der Waals surface area contributed by atoms with Crippen LogP contribution in [0.2, 0.25) is 0 Å². The van der Waals surface area contributed by atoms with Gasteiger partial charge in [-0.15, -0.1) is 0 Å². The summed E-state index contributed by atoms with van der Waals surface area (Å²) in [5.74, 6) is -5.67. The lowest BCUT2D eigenvalue weighted by Crippen LogP contribution is -2.27. The molecular weight excluding hydrogens is 392 g/mol. The lowest BCUT2D eigenvalue weighted by molar-refractivity contribution is -0.160. The van der Waals surface area contributed by atoms with Gasteiger partial charge < -0.3 is 32.4 Å². The van der Waals surface area contributed by atoms with Crippen LogP contribution in [0.3, 0.4) is 0 Å². The number of rotatable bonds is 2. The second kappa shape index (κ2) is 8.11. The fraction of sp³-hybridized carbons (Fsp3) is 0.200. The summed E-state index contributed by atoms with van der Waals surface area (Å²) < 4.78 is 9.10. The van der Waals surface area contributed by atoms with E-state index in [1.165, 1.54) is 39.8 Å².